The second kappa shape index (κ2) is 4.79. The van der Waals surface area contributed by atoms with Gasteiger partial charge in [-0.1, -0.05) is 33.1 Å². The van der Waals surface area contributed by atoms with Crippen LogP contribution < -0.4 is 10.6 Å². The predicted octanol–water partition coefficient (Wildman–Crippen LogP) is 2.69. The monoisotopic (exact) mass is 276 g/mol. The smallest absolute Gasteiger partial charge is 0.250 e. The van der Waals surface area contributed by atoms with Crippen LogP contribution in [0.1, 0.15) is 51.6 Å². The molecular weight excluding hydrogens is 252 g/mol. The number of carbonyl (C=O) groups is 1. The molecule has 2 atom stereocenters. The average Bonchev–Trinajstić information content (AvgIpc) is 2.68. The zero-order valence-electron chi connectivity index (χ0n) is 12.6. The van der Waals surface area contributed by atoms with Crippen molar-refractivity contribution in [3.05, 3.63) is 5.69 Å². The summed E-state index contributed by atoms with van der Waals surface area (Å²) in [5.41, 5.74) is 1.45. The molecule has 2 unspecified atom stereocenters. The van der Waals surface area contributed by atoms with Crippen molar-refractivity contribution in [2.75, 3.05) is 10.6 Å². The molecule has 1 aromatic heterocycles. The van der Waals surface area contributed by atoms with Crippen LogP contribution in [0.25, 0.3) is 0 Å². The number of rotatable bonds is 2. The van der Waals surface area contributed by atoms with Crippen molar-refractivity contribution in [3.8, 4) is 0 Å². The Labute approximate surface area is 120 Å². The second-order valence-electron chi connectivity index (χ2n) is 6.41. The van der Waals surface area contributed by atoms with Gasteiger partial charge in [0, 0.05) is 7.05 Å². The van der Waals surface area contributed by atoms with Gasteiger partial charge in [0.05, 0.1) is 5.69 Å². The maximum Gasteiger partial charge on any atom is 0.250 e. The summed E-state index contributed by atoms with van der Waals surface area (Å²) in [5, 5.41) is 11.2. The summed E-state index contributed by atoms with van der Waals surface area (Å²) in [6.07, 6.45) is 6.08. The molecule has 1 saturated carbocycles. The zero-order chi connectivity index (χ0) is 14.3. The molecule has 1 aromatic rings. The van der Waals surface area contributed by atoms with Crippen LogP contribution in [0.3, 0.4) is 0 Å². The standard InChI is InChI=1S/C15H24N4O/c1-4-6-11-12-13(19(3)18-11)17-15(14(20)16-12)8-5-7-10(2)9-15/h10,17H,4-9H2,1-3H3,(H,16,20). The molecule has 0 bridgehead atoms. The Kier molecular flexibility index (Phi) is 3.22. The van der Waals surface area contributed by atoms with Gasteiger partial charge in [-0.25, -0.2) is 0 Å². The van der Waals surface area contributed by atoms with Crippen molar-refractivity contribution >= 4 is 17.4 Å². The Morgan fingerprint density at radius 2 is 2.30 bits per heavy atom. The molecule has 2 N–H and O–H groups in total. The fraction of sp³-hybridized carbons (Fsp3) is 0.733. The van der Waals surface area contributed by atoms with Crippen molar-refractivity contribution in [1.29, 1.82) is 0 Å². The number of amides is 1. The van der Waals surface area contributed by atoms with Gasteiger partial charge in [-0.3, -0.25) is 9.48 Å². The quantitative estimate of drug-likeness (QED) is 0.873. The number of aryl methyl sites for hydroxylation is 2. The first-order valence-electron chi connectivity index (χ1n) is 7.71. The Hall–Kier alpha value is -1.52. The van der Waals surface area contributed by atoms with E-state index in [1.165, 1.54) is 6.42 Å². The van der Waals surface area contributed by atoms with E-state index in [2.05, 4.69) is 29.6 Å². The number of carbonyl (C=O) groups excluding carboxylic acids is 1. The lowest BCUT2D eigenvalue weighted by molar-refractivity contribution is -0.122. The SMILES string of the molecule is CCCc1nn(C)c2c1NC(=O)C1(CCCC(C)C1)N2. The Bertz CT molecular complexity index is 536. The van der Waals surface area contributed by atoms with Crippen LogP contribution in [0.15, 0.2) is 0 Å². The van der Waals surface area contributed by atoms with Crippen LogP contribution in [-0.2, 0) is 18.3 Å². The highest BCUT2D eigenvalue weighted by Gasteiger charge is 2.46. The fourth-order valence-electron chi connectivity index (χ4n) is 3.65. The highest BCUT2D eigenvalue weighted by molar-refractivity contribution is 6.06. The first-order valence-corrected chi connectivity index (χ1v) is 7.71. The minimum Gasteiger partial charge on any atom is -0.354 e. The Morgan fingerprint density at radius 1 is 1.50 bits per heavy atom. The lowest BCUT2D eigenvalue weighted by Gasteiger charge is -2.42. The third kappa shape index (κ3) is 2.00. The van der Waals surface area contributed by atoms with Gasteiger partial charge in [0.15, 0.2) is 0 Å². The van der Waals surface area contributed by atoms with E-state index in [0.717, 1.165) is 49.3 Å². The summed E-state index contributed by atoms with van der Waals surface area (Å²) in [6.45, 7) is 4.36. The molecule has 0 radical (unpaired) electrons. The number of hydrogen-bond acceptors (Lipinski definition) is 3. The van der Waals surface area contributed by atoms with Gasteiger partial charge in [-0.2, -0.15) is 5.10 Å². The first-order chi connectivity index (χ1) is 9.55. The van der Waals surface area contributed by atoms with E-state index in [1.807, 2.05) is 11.7 Å². The third-order valence-corrected chi connectivity index (χ3v) is 4.63. The molecular formula is C15H24N4O. The summed E-state index contributed by atoms with van der Waals surface area (Å²) in [6, 6.07) is 0. The van der Waals surface area contributed by atoms with Gasteiger partial charge >= 0.3 is 0 Å². The molecule has 1 spiro atoms. The van der Waals surface area contributed by atoms with E-state index in [-0.39, 0.29) is 5.91 Å². The molecule has 5 heteroatoms. The topological polar surface area (TPSA) is 59.0 Å². The molecule has 1 aliphatic carbocycles. The van der Waals surface area contributed by atoms with Gasteiger partial charge in [-0.15, -0.1) is 0 Å². The molecule has 3 rings (SSSR count). The van der Waals surface area contributed by atoms with Crippen molar-refractivity contribution in [1.82, 2.24) is 9.78 Å². The van der Waals surface area contributed by atoms with Gasteiger partial charge < -0.3 is 10.6 Å². The Morgan fingerprint density at radius 3 is 3.00 bits per heavy atom. The lowest BCUT2D eigenvalue weighted by Crippen LogP contribution is -2.55. The zero-order valence-corrected chi connectivity index (χ0v) is 12.6. The van der Waals surface area contributed by atoms with Crippen LogP contribution in [0.2, 0.25) is 0 Å². The van der Waals surface area contributed by atoms with E-state index < -0.39 is 5.54 Å². The van der Waals surface area contributed by atoms with Crippen LogP contribution in [-0.4, -0.2) is 21.2 Å². The number of anilines is 2. The van der Waals surface area contributed by atoms with Gasteiger partial charge in [0.2, 0.25) is 5.91 Å². The van der Waals surface area contributed by atoms with Gasteiger partial charge in [-0.05, 0) is 25.2 Å². The summed E-state index contributed by atoms with van der Waals surface area (Å²) in [7, 11) is 1.95. The normalized spacial score (nSPS) is 28.9. The van der Waals surface area contributed by atoms with Crippen molar-refractivity contribution in [2.24, 2.45) is 13.0 Å². The number of nitrogens with zero attached hydrogens (tertiary/aromatic N) is 2. The van der Waals surface area contributed by atoms with Crippen LogP contribution >= 0.6 is 0 Å². The third-order valence-electron chi connectivity index (χ3n) is 4.63. The minimum atomic E-state index is -0.429. The van der Waals surface area contributed by atoms with Crippen molar-refractivity contribution in [3.63, 3.8) is 0 Å². The van der Waals surface area contributed by atoms with E-state index >= 15 is 0 Å². The van der Waals surface area contributed by atoms with Crippen LogP contribution in [0.5, 0.6) is 0 Å². The Balaban J connectivity index is 1.96. The van der Waals surface area contributed by atoms with E-state index in [4.69, 9.17) is 0 Å². The minimum absolute atomic E-state index is 0.127. The fourth-order valence-corrected chi connectivity index (χ4v) is 3.65. The highest BCUT2D eigenvalue weighted by atomic mass is 16.2. The molecule has 1 amide bonds. The molecule has 20 heavy (non-hydrogen) atoms. The maximum atomic E-state index is 12.6. The number of aromatic nitrogens is 2. The molecule has 5 nitrogen and oxygen atoms in total. The van der Waals surface area contributed by atoms with Crippen LogP contribution in [0.4, 0.5) is 11.5 Å². The lowest BCUT2D eigenvalue weighted by atomic mass is 9.75. The number of fused-ring (bicyclic) bond motifs is 1. The van der Waals surface area contributed by atoms with Gasteiger partial charge in [0.1, 0.15) is 17.0 Å². The first kappa shape index (κ1) is 13.5. The number of hydrogen-bond donors (Lipinski definition) is 2. The molecule has 2 heterocycles. The summed E-state index contributed by atoms with van der Waals surface area (Å²) < 4.78 is 1.88. The molecule has 2 aliphatic rings. The van der Waals surface area contributed by atoms with E-state index in [0.29, 0.717) is 5.92 Å². The highest BCUT2D eigenvalue weighted by Crippen LogP contribution is 2.42. The summed E-state index contributed by atoms with van der Waals surface area (Å²) in [4.78, 5) is 12.6. The summed E-state index contributed by atoms with van der Waals surface area (Å²) >= 11 is 0. The van der Waals surface area contributed by atoms with Crippen molar-refractivity contribution in [2.45, 2.75) is 57.9 Å². The largest absolute Gasteiger partial charge is 0.354 e. The molecule has 1 aliphatic heterocycles. The molecule has 110 valence electrons. The molecule has 0 saturated heterocycles. The second-order valence-corrected chi connectivity index (χ2v) is 6.41. The summed E-state index contributed by atoms with van der Waals surface area (Å²) in [5.74, 6) is 1.69. The van der Waals surface area contributed by atoms with Crippen LogP contribution in [0, 0.1) is 5.92 Å². The molecule has 1 fully saturated rings. The average molecular weight is 276 g/mol. The van der Waals surface area contributed by atoms with Crippen molar-refractivity contribution < 1.29 is 4.79 Å². The maximum absolute atomic E-state index is 12.6. The van der Waals surface area contributed by atoms with Gasteiger partial charge in [0.25, 0.3) is 0 Å². The predicted molar refractivity (Wildman–Crippen MR) is 79.8 cm³/mol. The van der Waals surface area contributed by atoms with E-state index in [1.54, 1.807) is 0 Å². The van der Waals surface area contributed by atoms with E-state index in [9.17, 15) is 4.79 Å². The molecule has 0 aromatic carbocycles. The number of nitrogens with one attached hydrogen (secondary N) is 2.